The van der Waals surface area contributed by atoms with Crippen LogP contribution in [0.4, 0.5) is 0 Å². The zero-order valence-corrected chi connectivity index (χ0v) is 9.00. The van der Waals surface area contributed by atoms with Crippen molar-refractivity contribution in [2.24, 2.45) is 11.8 Å². The molecule has 2 fully saturated rings. The van der Waals surface area contributed by atoms with Crippen LogP contribution in [0.1, 0.15) is 51.9 Å². The molecule has 0 radical (unpaired) electrons. The molecule has 0 aliphatic heterocycles. The van der Waals surface area contributed by atoms with Gasteiger partial charge in [0, 0.05) is 0 Å². The predicted molar refractivity (Wildman–Crippen MR) is 54.9 cm³/mol. The van der Waals surface area contributed by atoms with Crippen LogP contribution in [0.3, 0.4) is 0 Å². The second-order valence-electron chi connectivity index (χ2n) is 5.21. The largest absolute Gasteiger partial charge is 0.462 e. The summed E-state index contributed by atoms with van der Waals surface area (Å²) in [5.74, 6) is 1.74. The molecule has 80 valence electrons. The zero-order chi connectivity index (χ0) is 10.0. The Morgan fingerprint density at radius 3 is 2.64 bits per heavy atom. The third-order valence-corrected chi connectivity index (χ3v) is 4.14. The van der Waals surface area contributed by atoms with Gasteiger partial charge in [-0.25, -0.2) is 0 Å². The third kappa shape index (κ3) is 1.94. The van der Waals surface area contributed by atoms with Crippen molar-refractivity contribution in [2.45, 2.75) is 57.5 Å². The molecule has 2 aliphatic rings. The second-order valence-corrected chi connectivity index (χ2v) is 5.21. The number of hydrogen-bond donors (Lipinski definition) is 0. The summed E-state index contributed by atoms with van der Waals surface area (Å²) in [5, 5.41) is 0. The normalized spacial score (nSPS) is 42.6. The summed E-state index contributed by atoms with van der Waals surface area (Å²) in [6, 6.07) is 0. The summed E-state index contributed by atoms with van der Waals surface area (Å²) in [4.78, 5) is 10.4. The maximum atomic E-state index is 10.4. The second kappa shape index (κ2) is 3.92. The number of hydrogen-bond acceptors (Lipinski definition) is 2. The van der Waals surface area contributed by atoms with E-state index >= 15 is 0 Å². The Labute approximate surface area is 86.0 Å². The van der Waals surface area contributed by atoms with Gasteiger partial charge in [-0.3, -0.25) is 4.79 Å². The number of carbonyl (C=O) groups is 1. The molecule has 2 rings (SSSR count). The molecule has 0 aromatic heterocycles. The first-order valence-corrected chi connectivity index (χ1v) is 5.85. The number of carbonyl (C=O) groups excluding carboxylic acids is 1. The van der Waals surface area contributed by atoms with Crippen LogP contribution >= 0.6 is 0 Å². The Morgan fingerprint density at radius 1 is 1.21 bits per heavy atom. The monoisotopic (exact) mass is 196 g/mol. The average molecular weight is 196 g/mol. The van der Waals surface area contributed by atoms with Gasteiger partial charge in [-0.1, -0.05) is 25.7 Å². The minimum atomic E-state index is -0.153. The third-order valence-electron chi connectivity index (χ3n) is 4.14. The minimum Gasteiger partial charge on any atom is -0.462 e. The van der Waals surface area contributed by atoms with Gasteiger partial charge in [0.1, 0.15) is 5.60 Å². The fraction of sp³-hybridized carbons (Fsp3) is 0.917. The lowest BCUT2D eigenvalue weighted by Crippen LogP contribution is -2.40. The van der Waals surface area contributed by atoms with Gasteiger partial charge in [-0.15, -0.1) is 0 Å². The first kappa shape index (κ1) is 10.0. The maximum Gasteiger partial charge on any atom is 0.293 e. The Morgan fingerprint density at radius 2 is 1.93 bits per heavy atom. The van der Waals surface area contributed by atoms with Crippen LogP contribution in [-0.4, -0.2) is 12.1 Å². The van der Waals surface area contributed by atoms with Crippen LogP contribution in [0.15, 0.2) is 0 Å². The van der Waals surface area contributed by atoms with E-state index in [1.165, 1.54) is 32.1 Å². The molecule has 0 N–H and O–H groups in total. The van der Waals surface area contributed by atoms with E-state index in [-0.39, 0.29) is 5.60 Å². The molecule has 2 nitrogen and oxygen atoms in total. The number of ether oxygens (including phenoxy) is 1. The highest BCUT2D eigenvalue weighted by Gasteiger charge is 2.39. The molecule has 0 spiro atoms. The molecule has 2 aliphatic carbocycles. The van der Waals surface area contributed by atoms with E-state index in [1.54, 1.807) is 0 Å². The van der Waals surface area contributed by atoms with Crippen molar-refractivity contribution in [2.75, 3.05) is 0 Å². The molecule has 0 heterocycles. The van der Waals surface area contributed by atoms with E-state index in [2.05, 4.69) is 6.92 Å². The maximum absolute atomic E-state index is 10.4. The molecular formula is C12H20O2. The molecule has 14 heavy (non-hydrogen) atoms. The molecule has 3 atom stereocenters. The smallest absolute Gasteiger partial charge is 0.293 e. The van der Waals surface area contributed by atoms with E-state index in [0.29, 0.717) is 6.47 Å². The van der Waals surface area contributed by atoms with Crippen molar-refractivity contribution in [3.8, 4) is 0 Å². The van der Waals surface area contributed by atoms with E-state index in [0.717, 1.165) is 24.7 Å². The Hall–Kier alpha value is -0.530. The summed E-state index contributed by atoms with van der Waals surface area (Å²) >= 11 is 0. The molecule has 0 aromatic carbocycles. The Balaban J connectivity index is 1.97. The van der Waals surface area contributed by atoms with Gasteiger partial charge >= 0.3 is 0 Å². The van der Waals surface area contributed by atoms with Crippen LogP contribution in [0, 0.1) is 11.8 Å². The van der Waals surface area contributed by atoms with E-state index in [4.69, 9.17) is 4.74 Å². The van der Waals surface area contributed by atoms with Gasteiger partial charge in [0.2, 0.25) is 0 Å². The Bertz CT molecular complexity index is 214. The standard InChI is InChI=1S/C12H20O2/c1-12(14-9-13)7-6-10-4-2-3-5-11(10)8-12/h9-11H,2-8H2,1H3. The molecule has 2 heteroatoms. The fourth-order valence-electron chi connectivity index (χ4n) is 3.30. The molecule has 0 amide bonds. The van der Waals surface area contributed by atoms with Crippen molar-refractivity contribution < 1.29 is 9.53 Å². The topological polar surface area (TPSA) is 26.3 Å². The highest BCUT2D eigenvalue weighted by Crippen LogP contribution is 2.45. The van der Waals surface area contributed by atoms with Crippen LogP contribution in [-0.2, 0) is 9.53 Å². The van der Waals surface area contributed by atoms with Crippen molar-refractivity contribution >= 4 is 6.47 Å². The summed E-state index contributed by atoms with van der Waals surface area (Å²) in [5.41, 5.74) is -0.153. The van der Waals surface area contributed by atoms with Crippen LogP contribution in [0.2, 0.25) is 0 Å². The minimum absolute atomic E-state index is 0.153. The zero-order valence-electron chi connectivity index (χ0n) is 9.00. The van der Waals surface area contributed by atoms with Crippen LogP contribution < -0.4 is 0 Å². The SMILES string of the molecule is CC1(OC=O)CCC2CCCCC2C1. The van der Waals surface area contributed by atoms with E-state index in [9.17, 15) is 4.79 Å². The fourth-order valence-corrected chi connectivity index (χ4v) is 3.30. The van der Waals surface area contributed by atoms with Crippen molar-refractivity contribution in [1.82, 2.24) is 0 Å². The lowest BCUT2D eigenvalue weighted by Gasteiger charge is -2.43. The molecule has 0 aromatic rings. The molecule has 3 unspecified atom stereocenters. The van der Waals surface area contributed by atoms with Gasteiger partial charge in [0.25, 0.3) is 6.47 Å². The molecule has 0 saturated heterocycles. The molecule has 0 bridgehead atoms. The van der Waals surface area contributed by atoms with Crippen molar-refractivity contribution in [1.29, 1.82) is 0 Å². The van der Waals surface area contributed by atoms with E-state index in [1.807, 2.05) is 0 Å². The van der Waals surface area contributed by atoms with Crippen molar-refractivity contribution in [3.05, 3.63) is 0 Å². The lowest BCUT2D eigenvalue weighted by atomic mass is 9.66. The molecule has 2 saturated carbocycles. The van der Waals surface area contributed by atoms with Crippen LogP contribution in [0.25, 0.3) is 0 Å². The van der Waals surface area contributed by atoms with Gasteiger partial charge in [0.05, 0.1) is 0 Å². The summed E-state index contributed by atoms with van der Waals surface area (Å²) in [7, 11) is 0. The molecular weight excluding hydrogens is 176 g/mol. The average Bonchev–Trinajstić information content (AvgIpc) is 2.17. The van der Waals surface area contributed by atoms with Crippen molar-refractivity contribution in [3.63, 3.8) is 0 Å². The van der Waals surface area contributed by atoms with E-state index < -0.39 is 0 Å². The summed E-state index contributed by atoms with van der Waals surface area (Å²) in [6.45, 7) is 2.72. The van der Waals surface area contributed by atoms with Gasteiger partial charge in [-0.05, 0) is 38.0 Å². The lowest BCUT2D eigenvalue weighted by molar-refractivity contribution is -0.149. The number of rotatable bonds is 2. The van der Waals surface area contributed by atoms with Gasteiger partial charge < -0.3 is 4.74 Å². The summed E-state index contributed by atoms with van der Waals surface area (Å²) < 4.78 is 5.24. The first-order chi connectivity index (χ1) is 6.73. The quantitative estimate of drug-likeness (QED) is 0.635. The van der Waals surface area contributed by atoms with Gasteiger partial charge in [0.15, 0.2) is 0 Å². The Kier molecular flexibility index (Phi) is 2.80. The van der Waals surface area contributed by atoms with Gasteiger partial charge in [-0.2, -0.15) is 0 Å². The predicted octanol–water partition coefficient (Wildman–Crippen LogP) is 2.91. The summed E-state index contributed by atoms with van der Waals surface area (Å²) in [6.07, 6.45) is 8.95. The first-order valence-electron chi connectivity index (χ1n) is 5.85. The highest BCUT2D eigenvalue weighted by atomic mass is 16.5. The highest BCUT2D eigenvalue weighted by molar-refractivity contribution is 5.38. The van der Waals surface area contributed by atoms with Crippen LogP contribution in [0.5, 0.6) is 0 Å². The number of fused-ring (bicyclic) bond motifs is 1.